The number of nitrogens with one attached hydrogen (secondary N) is 1. The van der Waals surface area contributed by atoms with Crippen molar-refractivity contribution in [2.45, 2.75) is 13.3 Å². The summed E-state index contributed by atoms with van der Waals surface area (Å²) < 4.78 is 10.7. The lowest BCUT2D eigenvalue weighted by atomic mass is 10.3. The van der Waals surface area contributed by atoms with Gasteiger partial charge in [-0.25, -0.2) is 0 Å². The smallest absolute Gasteiger partial charge is 0.281 e. The minimum absolute atomic E-state index is 0.313. The maximum atomic E-state index is 5.41. The second kappa shape index (κ2) is 3.03. The number of ether oxygens (including phenoxy) is 2. The minimum Gasteiger partial charge on any atom is -0.445 e. The van der Waals surface area contributed by atoms with Gasteiger partial charge in [0.2, 0.25) is 0 Å². The predicted molar refractivity (Wildman–Crippen MR) is 46.1 cm³/mol. The number of para-hydroxylation sites is 2. The van der Waals surface area contributed by atoms with Crippen LogP contribution < -0.4 is 10.1 Å². The molecule has 0 fully saturated rings. The molecule has 0 amide bonds. The van der Waals surface area contributed by atoms with Gasteiger partial charge in [-0.2, -0.15) is 0 Å². The Labute approximate surface area is 71.3 Å². The number of rotatable bonds is 2. The third-order valence-corrected chi connectivity index (χ3v) is 1.71. The van der Waals surface area contributed by atoms with Crippen molar-refractivity contribution in [3.05, 3.63) is 24.3 Å². The molecule has 12 heavy (non-hydrogen) atoms. The lowest BCUT2D eigenvalue weighted by molar-refractivity contribution is -0.0442. The highest BCUT2D eigenvalue weighted by molar-refractivity contribution is 5.59. The Hall–Kier alpha value is -1.22. The van der Waals surface area contributed by atoms with E-state index in [-0.39, 0.29) is 6.41 Å². The van der Waals surface area contributed by atoms with Crippen LogP contribution in [0.25, 0.3) is 0 Å². The first-order valence-corrected chi connectivity index (χ1v) is 4.04. The highest BCUT2D eigenvalue weighted by atomic mass is 16.7. The van der Waals surface area contributed by atoms with Gasteiger partial charge in [-0.15, -0.1) is 0 Å². The zero-order valence-electron chi connectivity index (χ0n) is 6.91. The maximum absolute atomic E-state index is 5.41. The molecule has 0 saturated heterocycles. The van der Waals surface area contributed by atoms with E-state index >= 15 is 0 Å². The SMILES string of the molecule is CCO[C@@H]1Nc2ccccc2O1. The number of anilines is 1. The second-order valence-electron chi connectivity index (χ2n) is 2.55. The summed E-state index contributed by atoms with van der Waals surface area (Å²) in [6, 6.07) is 7.79. The van der Waals surface area contributed by atoms with E-state index in [9.17, 15) is 0 Å². The number of benzene rings is 1. The van der Waals surface area contributed by atoms with Crippen molar-refractivity contribution in [2.24, 2.45) is 0 Å². The molecule has 1 atom stereocenters. The Morgan fingerprint density at radius 3 is 3.08 bits per heavy atom. The molecule has 1 aliphatic rings. The molecule has 64 valence electrons. The molecule has 1 aromatic rings. The largest absolute Gasteiger partial charge is 0.445 e. The van der Waals surface area contributed by atoms with Gasteiger partial charge in [0.1, 0.15) is 5.75 Å². The van der Waals surface area contributed by atoms with Crippen LogP contribution in [-0.2, 0) is 4.74 Å². The average molecular weight is 165 g/mol. The van der Waals surface area contributed by atoms with Crippen molar-refractivity contribution in [1.29, 1.82) is 0 Å². The first-order chi connectivity index (χ1) is 5.90. The highest BCUT2D eigenvalue weighted by Crippen LogP contribution is 2.30. The van der Waals surface area contributed by atoms with Crippen LogP contribution in [0.4, 0.5) is 5.69 Å². The van der Waals surface area contributed by atoms with Crippen LogP contribution in [0.1, 0.15) is 6.92 Å². The van der Waals surface area contributed by atoms with Crippen LogP contribution in [-0.4, -0.2) is 13.0 Å². The number of hydrogen-bond acceptors (Lipinski definition) is 3. The van der Waals surface area contributed by atoms with E-state index in [4.69, 9.17) is 9.47 Å². The van der Waals surface area contributed by atoms with Gasteiger partial charge in [-0.1, -0.05) is 12.1 Å². The summed E-state index contributed by atoms with van der Waals surface area (Å²) in [5, 5.41) is 3.09. The van der Waals surface area contributed by atoms with Gasteiger partial charge in [0.05, 0.1) is 5.69 Å². The molecule has 2 rings (SSSR count). The quantitative estimate of drug-likeness (QED) is 0.725. The number of fused-ring (bicyclic) bond motifs is 1. The van der Waals surface area contributed by atoms with Gasteiger partial charge in [0.25, 0.3) is 6.41 Å². The monoisotopic (exact) mass is 165 g/mol. The van der Waals surface area contributed by atoms with E-state index in [1.807, 2.05) is 31.2 Å². The zero-order valence-corrected chi connectivity index (χ0v) is 6.91. The highest BCUT2D eigenvalue weighted by Gasteiger charge is 2.20. The van der Waals surface area contributed by atoms with E-state index in [2.05, 4.69) is 5.32 Å². The van der Waals surface area contributed by atoms with Gasteiger partial charge >= 0.3 is 0 Å². The lowest BCUT2D eigenvalue weighted by Gasteiger charge is -2.09. The summed E-state index contributed by atoms with van der Waals surface area (Å²) in [7, 11) is 0. The molecule has 3 heteroatoms. The van der Waals surface area contributed by atoms with Gasteiger partial charge < -0.3 is 14.8 Å². The molecular weight excluding hydrogens is 154 g/mol. The molecule has 0 spiro atoms. The van der Waals surface area contributed by atoms with E-state index in [1.54, 1.807) is 0 Å². The Bertz CT molecular complexity index is 250. The molecule has 1 N–H and O–H groups in total. The van der Waals surface area contributed by atoms with Crippen LogP contribution >= 0.6 is 0 Å². The van der Waals surface area contributed by atoms with Crippen molar-refractivity contribution >= 4 is 5.69 Å². The van der Waals surface area contributed by atoms with Crippen molar-refractivity contribution in [1.82, 2.24) is 0 Å². The van der Waals surface area contributed by atoms with Gasteiger partial charge in [0, 0.05) is 6.61 Å². The second-order valence-corrected chi connectivity index (χ2v) is 2.55. The minimum atomic E-state index is -0.313. The molecule has 0 radical (unpaired) electrons. The van der Waals surface area contributed by atoms with Crippen LogP contribution in [0.2, 0.25) is 0 Å². The average Bonchev–Trinajstić information content (AvgIpc) is 2.47. The van der Waals surface area contributed by atoms with Crippen molar-refractivity contribution in [2.75, 3.05) is 11.9 Å². The molecule has 0 bridgehead atoms. The third-order valence-electron chi connectivity index (χ3n) is 1.71. The summed E-state index contributed by atoms with van der Waals surface area (Å²) in [6.07, 6.45) is -0.313. The predicted octanol–water partition coefficient (Wildman–Crippen LogP) is 1.81. The molecule has 0 aromatic heterocycles. The van der Waals surface area contributed by atoms with Crippen molar-refractivity contribution in [3.63, 3.8) is 0 Å². The molecule has 3 nitrogen and oxygen atoms in total. The summed E-state index contributed by atoms with van der Waals surface area (Å²) in [6.45, 7) is 2.58. The fraction of sp³-hybridized carbons (Fsp3) is 0.333. The number of hydrogen-bond donors (Lipinski definition) is 1. The molecular formula is C9H11NO2. The van der Waals surface area contributed by atoms with Crippen LogP contribution in [0, 0.1) is 0 Å². The molecule has 0 saturated carbocycles. The fourth-order valence-electron chi connectivity index (χ4n) is 1.19. The molecule has 1 heterocycles. The Kier molecular flexibility index (Phi) is 1.87. The summed E-state index contributed by atoms with van der Waals surface area (Å²) in [5.41, 5.74) is 0.996. The molecule has 0 aliphatic carbocycles. The van der Waals surface area contributed by atoms with Gasteiger partial charge in [-0.3, -0.25) is 0 Å². The van der Waals surface area contributed by atoms with Gasteiger partial charge in [-0.05, 0) is 19.1 Å². The maximum Gasteiger partial charge on any atom is 0.281 e. The van der Waals surface area contributed by atoms with E-state index < -0.39 is 0 Å². The Morgan fingerprint density at radius 1 is 1.50 bits per heavy atom. The molecule has 1 aliphatic heterocycles. The van der Waals surface area contributed by atoms with E-state index in [1.165, 1.54) is 0 Å². The normalized spacial score (nSPS) is 19.6. The summed E-state index contributed by atoms with van der Waals surface area (Å²) in [5.74, 6) is 0.857. The first-order valence-electron chi connectivity index (χ1n) is 4.04. The van der Waals surface area contributed by atoms with Crippen molar-refractivity contribution in [3.8, 4) is 5.75 Å². The Balaban J connectivity index is 2.11. The molecule has 1 aromatic carbocycles. The lowest BCUT2D eigenvalue weighted by Crippen LogP contribution is -2.23. The van der Waals surface area contributed by atoms with Crippen LogP contribution in [0.3, 0.4) is 0 Å². The van der Waals surface area contributed by atoms with E-state index in [0.29, 0.717) is 6.61 Å². The van der Waals surface area contributed by atoms with E-state index in [0.717, 1.165) is 11.4 Å². The topological polar surface area (TPSA) is 30.5 Å². The molecule has 0 unspecified atom stereocenters. The third kappa shape index (κ3) is 1.23. The zero-order chi connectivity index (χ0) is 8.39. The van der Waals surface area contributed by atoms with Gasteiger partial charge in [0.15, 0.2) is 0 Å². The fourth-order valence-corrected chi connectivity index (χ4v) is 1.19. The Morgan fingerprint density at radius 2 is 2.33 bits per heavy atom. The van der Waals surface area contributed by atoms with Crippen LogP contribution in [0.15, 0.2) is 24.3 Å². The first kappa shape index (κ1) is 7.43. The standard InChI is InChI=1S/C9H11NO2/c1-2-11-9-10-7-5-3-4-6-8(7)12-9/h3-6,9-10H,2H2,1H3/t9-/m0/s1. The van der Waals surface area contributed by atoms with Crippen molar-refractivity contribution < 1.29 is 9.47 Å². The van der Waals surface area contributed by atoms with Crippen LogP contribution in [0.5, 0.6) is 5.75 Å². The summed E-state index contributed by atoms with van der Waals surface area (Å²) >= 11 is 0. The summed E-state index contributed by atoms with van der Waals surface area (Å²) in [4.78, 5) is 0.